The highest BCUT2D eigenvalue weighted by molar-refractivity contribution is 7.99. The molecule has 2 heteroatoms. The summed E-state index contributed by atoms with van der Waals surface area (Å²) in [5, 5.41) is 2.55. The average molecular weight is 291 g/mol. The van der Waals surface area contributed by atoms with Crippen molar-refractivity contribution in [3.8, 4) is 0 Å². The Hall–Kier alpha value is -1.77. The van der Waals surface area contributed by atoms with Gasteiger partial charge in [0.2, 0.25) is 0 Å². The van der Waals surface area contributed by atoms with Gasteiger partial charge < -0.3 is 5.73 Å². The Morgan fingerprint density at radius 1 is 0.905 bits per heavy atom. The Labute approximate surface area is 129 Å². The number of benzene rings is 3. The first kappa shape index (κ1) is 12.9. The Morgan fingerprint density at radius 2 is 1.67 bits per heavy atom. The molecule has 0 saturated heterocycles. The van der Waals surface area contributed by atoms with E-state index in [9.17, 15) is 0 Å². The summed E-state index contributed by atoms with van der Waals surface area (Å²) in [5.74, 6) is 1.47. The van der Waals surface area contributed by atoms with Gasteiger partial charge in [-0.25, -0.2) is 0 Å². The van der Waals surface area contributed by atoms with Crippen LogP contribution >= 0.6 is 11.8 Å². The molecular weight excluding hydrogens is 274 g/mol. The molecule has 21 heavy (non-hydrogen) atoms. The summed E-state index contributed by atoms with van der Waals surface area (Å²) in [6.45, 7) is 0. The lowest BCUT2D eigenvalue weighted by atomic mass is 9.87. The third-order valence-electron chi connectivity index (χ3n) is 4.35. The summed E-state index contributed by atoms with van der Waals surface area (Å²) in [6.07, 6.45) is 0. The Morgan fingerprint density at radius 3 is 2.62 bits per heavy atom. The van der Waals surface area contributed by atoms with Gasteiger partial charge in [0.15, 0.2) is 0 Å². The molecule has 0 fully saturated rings. The minimum atomic E-state index is 0.0484. The predicted octanol–water partition coefficient (Wildman–Crippen LogP) is 4.73. The van der Waals surface area contributed by atoms with Gasteiger partial charge in [-0.05, 0) is 28.0 Å². The van der Waals surface area contributed by atoms with Crippen molar-refractivity contribution in [3.05, 3.63) is 77.9 Å². The summed E-state index contributed by atoms with van der Waals surface area (Å²) in [4.78, 5) is 1.39. The summed E-state index contributed by atoms with van der Waals surface area (Å²) in [6, 6.07) is 23.7. The molecule has 2 unspecified atom stereocenters. The molecule has 0 aromatic heterocycles. The van der Waals surface area contributed by atoms with Crippen molar-refractivity contribution in [3.63, 3.8) is 0 Å². The SMILES string of the molecule is NC(c1cccc2ccccc12)C1CSc2ccccc21. The first-order valence-electron chi connectivity index (χ1n) is 7.29. The van der Waals surface area contributed by atoms with Crippen molar-refractivity contribution < 1.29 is 0 Å². The molecule has 4 rings (SSSR count). The van der Waals surface area contributed by atoms with Crippen molar-refractivity contribution in [1.82, 2.24) is 0 Å². The van der Waals surface area contributed by atoms with E-state index in [0.717, 1.165) is 5.75 Å². The second-order valence-corrected chi connectivity index (χ2v) is 6.61. The number of fused-ring (bicyclic) bond motifs is 2. The highest BCUT2D eigenvalue weighted by Crippen LogP contribution is 2.45. The maximum atomic E-state index is 6.67. The number of nitrogens with two attached hydrogens (primary N) is 1. The molecule has 1 heterocycles. The molecule has 1 aliphatic rings. The zero-order chi connectivity index (χ0) is 14.2. The van der Waals surface area contributed by atoms with E-state index >= 15 is 0 Å². The molecule has 0 saturated carbocycles. The van der Waals surface area contributed by atoms with Crippen LogP contribution in [0.5, 0.6) is 0 Å². The van der Waals surface area contributed by atoms with Crippen molar-refractivity contribution in [1.29, 1.82) is 0 Å². The summed E-state index contributed by atoms with van der Waals surface area (Å²) in [7, 11) is 0. The third-order valence-corrected chi connectivity index (χ3v) is 5.56. The third kappa shape index (κ3) is 2.15. The molecule has 0 amide bonds. The number of hydrogen-bond donors (Lipinski definition) is 1. The van der Waals surface area contributed by atoms with Crippen LogP contribution in [-0.4, -0.2) is 5.75 Å². The van der Waals surface area contributed by atoms with Crippen LogP contribution < -0.4 is 5.73 Å². The second-order valence-electron chi connectivity index (χ2n) is 5.55. The molecule has 3 aromatic rings. The predicted molar refractivity (Wildman–Crippen MR) is 90.8 cm³/mol. The maximum Gasteiger partial charge on any atom is 0.0379 e. The fourth-order valence-corrected chi connectivity index (χ4v) is 4.55. The van der Waals surface area contributed by atoms with E-state index in [2.05, 4.69) is 66.7 Å². The minimum Gasteiger partial charge on any atom is -0.323 e. The second kappa shape index (κ2) is 5.21. The molecule has 0 aliphatic carbocycles. The minimum absolute atomic E-state index is 0.0484. The van der Waals surface area contributed by atoms with Gasteiger partial charge in [-0.1, -0.05) is 60.7 Å². The lowest BCUT2D eigenvalue weighted by Crippen LogP contribution is -2.20. The topological polar surface area (TPSA) is 26.0 Å². The zero-order valence-electron chi connectivity index (χ0n) is 11.7. The molecule has 1 nitrogen and oxygen atoms in total. The van der Waals surface area contributed by atoms with Gasteiger partial charge in [0, 0.05) is 22.6 Å². The summed E-state index contributed by atoms with van der Waals surface area (Å²) >= 11 is 1.92. The van der Waals surface area contributed by atoms with Gasteiger partial charge >= 0.3 is 0 Å². The van der Waals surface area contributed by atoms with Crippen LogP contribution in [-0.2, 0) is 0 Å². The zero-order valence-corrected chi connectivity index (χ0v) is 12.5. The van der Waals surface area contributed by atoms with Gasteiger partial charge in [-0.3, -0.25) is 0 Å². The van der Waals surface area contributed by atoms with Crippen LogP contribution in [0.15, 0.2) is 71.6 Å². The standard InChI is InChI=1S/C19H17NS/c20-19(17-12-21-18-11-4-3-9-15(17)18)16-10-5-7-13-6-1-2-8-14(13)16/h1-11,17,19H,12,20H2. The molecule has 104 valence electrons. The first-order valence-corrected chi connectivity index (χ1v) is 8.28. The smallest absolute Gasteiger partial charge is 0.0379 e. The van der Waals surface area contributed by atoms with Crippen LogP contribution in [0.2, 0.25) is 0 Å². The monoisotopic (exact) mass is 291 g/mol. The van der Waals surface area contributed by atoms with Crippen molar-refractivity contribution in [2.45, 2.75) is 16.9 Å². The number of rotatable bonds is 2. The van der Waals surface area contributed by atoms with E-state index in [-0.39, 0.29) is 6.04 Å². The largest absolute Gasteiger partial charge is 0.323 e. The maximum absolute atomic E-state index is 6.67. The van der Waals surface area contributed by atoms with Crippen molar-refractivity contribution in [2.24, 2.45) is 5.73 Å². The van der Waals surface area contributed by atoms with E-state index in [1.165, 1.54) is 26.8 Å². The quantitative estimate of drug-likeness (QED) is 0.738. The fraction of sp³-hybridized carbons (Fsp3) is 0.158. The molecule has 2 N–H and O–H groups in total. The van der Waals surface area contributed by atoms with E-state index in [1.807, 2.05) is 11.8 Å². The van der Waals surface area contributed by atoms with Gasteiger partial charge in [0.05, 0.1) is 0 Å². The number of hydrogen-bond acceptors (Lipinski definition) is 2. The van der Waals surface area contributed by atoms with Crippen LogP contribution in [0, 0.1) is 0 Å². The lowest BCUT2D eigenvalue weighted by molar-refractivity contribution is 0.611. The van der Waals surface area contributed by atoms with Crippen LogP contribution in [0.4, 0.5) is 0 Å². The molecule has 0 radical (unpaired) electrons. The fourth-order valence-electron chi connectivity index (χ4n) is 3.24. The van der Waals surface area contributed by atoms with Crippen molar-refractivity contribution >= 4 is 22.5 Å². The molecule has 0 bridgehead atoms. The van der Waals surface area contributed by atoms with Gasteiger partial charge in [-0.15, -0.1) is 11.8 Å². The lowest BCUT2D eigenvalue weighted by Gasteiger charge is -2.21. The number of thioether (sulfide) groups is 1. The van der Waals surface area contributed by atoms with Gasteiger partial charge in [0.25, 0.3) is 0 Å². The molecule has 3 aromatic carbocycles. The summed E-state index contributed by atoms with van der Waals surface area (Å²) < 4.78 is 0. The van der Waals surface area contributed by atoms with Crippen LogP contribution in [0.1, 0.15) is 23.1 Å². The molecular formula is C19H17NS. The summed E-state index contributed by atoms with van der Waals surface area (Å²) in [5.41, 5.74) is 9.33. The van der Waals surface area contributed by atoms with E-state index in [0.29, 0.717) is 5.92 Å². The highest BCUT2D eigenvalue weighted by Gasteiger charge is 2.29. The Kier molecular flexibility index (Phi) is 3.21. The Bertz CT molecular complexity index is 791. The normalized spacial score (nSPS) is 18.6. The van der Waals surface area contributed by atoms with E-state index < -0.39 is 0 Å². The molecule has 1 aliphatic heterocycles. The Balaban J connectivity index is 1.80. The van der Waals surface area contributed by atoms with Crippen molar-refractivity contribution in [2.75, 3.05) is 5.75 Å². The van der Waals surface area contributed by atoms with E-state index in [4.69, 9.17) is 5.73 Å². The van der Waals surface area contributed by atoms with Crippen LogP contribution in [0.25, 0.3) is 10.8 Å². The average Bonchev–Trinajstić information content (AvgIpc) is 2.98. The molecule has 2 atom stereocenters. The highest BCUT2D eigenvalue weighted by atomic mass is 32.2. The van der Waals surface area contributed by atoms with Crippen LogP contribution in [0.3, 0.4) is 0 Å². The molecule has 0 spiro atoms. The van der Waals surface area contributed by atoms with E-state index in [1.54, 1.807) is 0 Å². The van der Waals surface area contributed by atoms with Gasteiger partial charge in [0.1, 0.15) is 0 Å². The van der Waals surface area contributed by atoms with Gasteiger partial charge in [-0.2, -0.15) is 0 Å². The first-order chi connectivity index (χ1) is 10.3.